The number of alkyl halides is 2. The summed E-state index contributed by atoms with van der Waals surface area (Å²) in [7, 11) is 1.73. The van der Waals surface area contributed by atoms with E-state index in [1.807, 2.05) is 6.92 Å². The summed E-state index contributed by atoms with van der Waals surface area (Å²) in [6.07, 6.45) is -0.496. The van der Waals surface area contributed by atoms with Gasteiger partial charge in [0.2, 0.25) is 0 Å². The van der Waals surface area contributed by atoms with Crippen molar-refractivity contribution in [3.63, 3.8) is 0 Å². The molecule has 6 nitrogen and oxygen atoms in total. The van der Waals surface area contributed by atoms with Gasteiger partial charge in [-0.3, -0.25) is 14.8 Å². The maximum Gasteiger partial charge on any atom is 0.270 e. The minimum atomic E-state index is -2.81. The fourth-order valence-electron chi connectivity index (χ4n) is 2.00. The summed E-state index contributed by atoms with van der Waals surface area (Å²) in [5, 5.41) is 17.8. The molecule has 0 aliphatic rings. The van der Waals surface area contributed by atoms with Crippen LogP contribution < -0.4 is 5.32 Å². The van der Waals surface area contributed by atoms with Gasteiger partial charge in [-0.1, -0.05) is 6.92 Å². The number of rotatable bonds is 5. The monoisotopic (exact) mass is 296 g/mol. The third-order valence-electron chi connectivity index (χ3n) is 2.99. The molecule has 21 heavy (non-hydrogen) atoms. The van der Waals surface area contributed by atoms with Gasteiger partial charge in [0.1, 0.15) is 0 Å². The van der Waals surface area contributed by atoms with Crippen LogP contribution in [0.2, 0.25) is 0 Å². The fraction of sp³-hybridized carbons (Fsp3) is 0.308. The number of benzene rings is 1. The highest BCUT2D eigenvalue weighted by molar-refractivity contribution is 5.66. The summed E-state index contributed by atoms with van der Waals surface area (Å²) in [5.74, 6) is 0. The van der Waals surface area contributed by atoms with Crippen LogP contribution in [-0.4, -0.2) is 14.7 Å². The SMILES string of the molecule is CCc1nn(C)cc1Nc1ccc([N+](=O)[O-])cc1C(F)F. The molecule has 0 radical (unpaired) electrons. The molecule has 0 unspecified atom stereocenters. The third-order valence-corrected chi connectivity index (χ3v) is 2.99. The zero-order valence-corrected chi connectivity index (χ0v) is 11.5. The van der Waals surface area contributed by atoms with Crippen LogP contribution in [0.15, 0.2) is 24.4 Å². The molecule has 1 aromatic carbocycles. The molecule has 2 aromatic rings. The number of aryl methyl sites for hydroxylation is 2. The largest absolute Gasteiger partial charge is 0.352 e. The molecule has 0 bridgehead atoms. The van der Waals surface area contributed by atoms with Crippen LogP contribution in [0.4, 0.5) is 25.8 Å². The second kappa shape index (κ2) is 5.86. The smallest absolute Gasteiger partial charge is 0.270 e. The molecule has 8 heteroatoms. The predicted octanol–water partition coefficient (Wildman–Crippen LogP) is 3.57. The molecule has 112 valence electrons. The minimum Gasteiger partial charge on any atom is -0.352 e. The van der Waals surface area contributed by atoms with Crippen molar-refractivity contribution < 1.29 is 13.7 Å². The maximum absolute atomic E-state index is 13.1. The quantitative estimate of drug-likeness (QED) is 0.676. The highest BCUT2D eigenvalue weighted by Gasteiger charge is 2.19. The average molecular weight is 296 g/mol. The van der Waals surface area contributed by atoms with E-state index in [1.165, 1.54) is 12.1 Å². The molecule has 0 fully saturated rings. The summed E-state index contributed by atoms with van der Waals surface area (Å²) >= 11 is 0. The van der Waals surface area contributed by atoms with E-state index in [-0.39, 0.29) is 11.4 Å². The Morgan fingerprint density at radius 3 is 2.71 bits per heavy atom. The number of nitro groups is 1. The number of aromatic nitrogens is 2. The second-order valence-corrected chi connectivity index (χ2v) is 4.47. The Kier molecular flexibility index (Phi) is 4.15. The number of halogens is 2. The number of nitrogens with zero attached hydrogens (tertiary/aromatic N) is 3. The van der Waals surface area contributed by atoms with E-state index in [9.17, 15) is 18.9 Å². The number of hydrogen-bond donors (Lipinski definition) is 1. The lowest BCUT2D eigenvalue weighted by molar-refractivity contribution is -0.385. The standard InChI is InChI=1S/C13H14F2N4O2/c1-3-10-12(7-18(2)17-10)16-11-5-4-8(19(20)21)6-9(11)13(14)15/h4-7,13,16H,3H2,1-2H3. The van der Waals surface area contributed by atoms with Gasteiger partial charge in [0.05, 0.1) is 16.3 Å². The maximum atomic E-state index is 13.1. The van der Waals surface area contributed by atoms with E-state index in [0.29, 0.717) is 12.1 Å². The van der Waals surface area contributed by atoms with Gasteiger partial charge in [-0.2, -0.15) is 5.10 Å². The predicted molar refractivity (Wildman–Crippen MR) is 73.9 cm³/mol. The first-order valence-corrected chi connectivity index (χ1v) is 6.28. The van der Waals surface area contributed by atoms with E-state index < -0.39 is 16.9 Å². The van der Waals surface area contributed by atoms with Crippen LogP contribution in [0.5, 0.6) is 0 Å². The molecule has 1 N–H and O–H groups in total. The van der Waals surface area contributed by atoms with E-state index >= 15 is 0 Å². The van der Waals surface area contributed by atoms with Crippen molar-refractivity contribution in [3.05, 3.63) is 45.8 Å². The van der Waals surface area contributed by atoms with Gasteiger partial charge in [-0.25, -0.2) is 8.78 Å². The Morgan fingerprint density at radius 2 is 2.14 bits per heavy atom. The fourth-order valence-corrected chi connectivity index (χ4v) is 2.00. The summed E-state index contributed by atoms with van der Waals surface area (Å²) in [4.78, 5) is 9.98. The molecule has 0 spiro atoms. The highest BCUT2D eigenvalue weighted by atomic mass is 19.3. The molecule has 0 atom stereocenters. The number of hydrogen-bond acceptors (Lipinski definition) is 4. The Balaban J connectivity index is 2.41. The number of non-ortho nitro benzene ring substituents is 1. The van der Waals surface area contributed by atoms with Crippen molar-refractivity contribution in [2.75, 3.05) is 5.32 Å². The van der Waals surface area contributed by atoms with Crippen LogP contribution in [-0.2, 0) is 13.5 Å². The van der Waals surface area contributed by atoms with Crippen LogP contribution >= 0.6 is 0 Å². The van der Waals surface area contributed by atoms with Crippen LogP contribution in [0, 0.1) is 10.1 Å². The Morgan fingerprint density at radius 1 is 1.43 bits per heavy atom. The first-order chi connectivity index (χ1) is 9.92. The van der Waals surface area contributed by atoms with Gasteiger partial charge in [0.25, 0.3) is 12.1 Å². The topological polar surface area (TPSA) is 73.0 Å². The van der Waals surface area contributed by atoms with Crippen LogP contribution in [0.1, 0.15) is 24.6 Å². The highest BCUT2D eigenvalue weighted by Crippen LogP contribution is 2.33. The third kappa shape index (κ3) is 3.15. The molecule has 1 aromatic heterocycles. The van der Waals surface area contributed by atoms with Crippen molar-refractivity contribution in [1.82, 2.24) is 9.78 Å². The molecule has 1 heterocycles. The lowest BCUT2D eigenvalue weighted by Gasteiger charge is -2.11. The van der Waals surface area contributed by atoms with Gasteiger partial charge in [0, 0.05) is 36.6 Å². The first kappa shape index (κ1) is 14.9. The lowest BCUT2D eigenvalue weighted by atomic mass is 10.1. The van der Waals surface area contributed by atoms with Crippen LogP contribution in [0.25, 0.3) is 0 Å². The van der Waals surface area contributed by atoms with E-state index in [4.69, 9.17) is 0 Å². The second-order valence-electron chi connectivity index (χ2n) is 4.47. The number of nitro benzene ring substituents is 1. The molecule has 0 saturated heterocycles. The molecule has 2 rings (SSSR count). The lowest BCUT2D eigenvalue weighted by Crippen LogP contribution is -1.99. The number of nitrogens with one attached hydrogen (secondary N) is 1. The van der Waals surface area contributed by atoms with Crippen molar-refractivity contribution in [2.45, 2.75) is 19.8 Å². The zero-order chi connectivity index (χ0) is 15.6. The molecular weight excluding hydrogens is 282 g/mol. The van der Waals surface area contributed by atoms with E-state index in [0.717, 1.165) is 11.8 Å². The van der Waals surface area contributed by atoms with Gasteiger partial charge >= 0.3 is 0 Å². The summed E-state index contributed by atoms with van der Waals surface area (Å²) in [6.45, 7) is 1.90. The van der Waals surface area contributed by atoms with Gasteiger partial charge in [-0.05, 0) is 12.5 Å². The summed E-state index contributed by atoms with van der Waals surface area (Å²) in [6, 6.07) is 3.36. The molecule has 0 amide bonds. The Bertz CT molecular complexity index is 670. The first-order valence-electron chi connectivity index (χ1n) is 6.28. The summed E-state index contributed by atoms with van der Waals surface area (Å²) < 4.78 is 27.7. The molecule has 0 aliphatic carbocycles. The van der Waals surface area contributed by atoms with Crippen molar-refractivity contribution in [1.29, 1.82) is 0 Å². The van der Waals surface area contributed by atoms with Gasteiger partial charge < -0.3 is 5.32 Å². The molecule has 0 aliphatic heterocycles. The van der Waals surface area contributed by atoms with Gasteiger partial charge in [0.15, 0.2) is 0 Å². The van der Waals surface area contributed by atoms with Gasteiger partial charge in [-0.15, -0.1) is 0 Å². The number of anilines is 2. The normalized spacial score (nSPS) is 10.9. The van der Waals surface area contributed by atoms with Crippen molar-refractivity contribution in [2.24, 2.45) is 7.05 Å². The summed E-state index contributed by atoms with van der Waals surface area (Å²) in [5.41, 5.74) is 0.706. The molecule has 0 saturated carbocycles. The van der Waals surface area contributed by atoms with Crippen LogP contribution in [0.3, 0.4) is 0 Å². The van der Waals surface area contributed by atoms with Crippen molar-refractivity contribution in [3.8, 4) is 0 Å². The van der Waals surface area contributed by atoms with E-state index in [2.05, 4.69) is 10.4 Å². The average Bonchev–Trinajstić information content (AvgIpc) is 2.78. The zero-order valence-electron chi connectivity index (χ0n) is 11.5. The Labute approximate surface area is 119 Å². The van der Waals surface area contributed by atoms with Crippen molar-refractivity contribution >= 4 is 17.1 Å². The Hall–Kier alpha value is -2.51. The minimum absolute atomic E-state index is 0.137. The van der Waals surface area contributed by atoms with E-state index in [1.54, 1.807) is 17.9 Å². The molecular formula is C13H14F2N4O2.